The van der Waals surface area contributed by atoms with Gasteiger partial charge in [0.15, 0.2) is 17.9 Å². The number of phenolic OH excluding ortho intramolecular Hbond substituents is 1. The lowest BCUT2D eigenvalue weighted by Crippen LogP contribution is -2.63. The molecule has 0 radical (unpaired) electrons. The number of rotatable bonds is 27. The summed E-state index contributed by atoms with van der Waals surface area (Å²) >= 11 is 0. The molecular formula is C61H97N21O12S2. The fraction of sp³-hybridized carbons (Fsp3) is 0.574. The first-order valence-corrected chi connectivity index (χ1v) is 33.7. The van der Waals surface area contributed by atoms with Gasteiger partial charge >= 0.3 is 0 Å². The van der Waals surface area contributed by atoms with E-state index in [1.165, 1.54) is 17.0 Å². The van der Waals surface area contributed by atoms with Gasteiger partial charge in [0.1, 0.15) is 54.1 Å². The van der Waals surface area contributed by atoms with Gasteiger partial charge < -0.3 is 104 Å². The second kappa shape index (κ2) is 38.4. The van der Waals surface area contributed by atoms with Crippen molar-refractivity contribution in [3.05, 3.63) is 65.7 Å². The van der Waals surface area contributed by atoms with Crippen LogP contribution in [0.4, 0.5) is 0 Å². The van der Waals surface area contributed by atoms with E-state index in [4.69, 9.17) is 45.9 Å². The molecule has 11 amide bonds. The summed E-state index contributed by atoms with van der Waals surface area (Å²) in [5, 5.41) is 33.7. The highest BCUT2D eigenvalue weighted by Gasteiger charge is 2.46. The number of hydrogen-bond acceptors (Lipinski definition) is 18. The van der Waals surface area contributed by atoms with Crippen LogP contribution >= 0.6 is 21.6 Å². The van der Waals surface area contributed by atoms with Crippen LogP contribution in [-0.2, 0) is 65.6 Å². The summed E-state index contributed by atoms with van der Waals surface area (Å²) in [6.45, 7) is 8.66. The Morgan fingerprint density at radius 1 is 0.625 bits per heavy atom. The second-order valence-electron chi connectivity index (χ2n) is 24.5. The van der Waals surface area contributed by atoms with Crippen molar-refractivity contribution in [1.29, 1.82) is 0 Å². The maximum Gasteiger partial charge on any atom is 0.245 e. The van der Waals surface area contributed by atoms with E-state index in [9.17, 15) is 48.3 Å². The molecule has 26 N–H and O–H groups in total. The Labute approximate surface area is 566 Å². The minimum Gasteiger partial charge on any atom is -0.508 e. The molecule has 2 aromatic carbocycles. The summed E-state index contributed by atoms with van der Waals surface area (Å²) in [5.74, 6) is -10.4. The fourth-order valence-corrected chi connectivity index (χ4v) is 13.1. The maximum atomic E-state index is 15.4. The van der Waals surface area contributed by atoms with Crippen molar-refractivity contribution < 1.29 is 57.8 Å². The Kier molecular flexibility index (Phi) is 31.8. The third-order valence-electron chi connectivity index (χ3n) is 15.9. The van der Waals surface area contributed by atoms with Crippen molar-refractivity contribution in [2.45, 2.75) is 176 Å². The molecular weight excluding hydrogens is 1280 g/mol. The van der Waals surface area contributed by atoms with Crippen LogP contribution in [0.15, 0.2) is 69.6 Å². The number of fused-ring (bicyclic) bond motifs is 1. The van der Waals surface area contributed by atoms with E-state index in [2.05, 4.69) is 62.8 Å². The van der Waals surface area contributed by atoms with Gasteiger partial charge in [-0.25, -0.2) is 0 Å². The number of aliphatic imine (C=N–C) groups is 3. The average Bonchev–Trinajstić information content (AvgIpc) is 1.20. The average molecular weight is 1380 g/mol. The van der Waals surface area contributed by atoms with Crippen molar-refractivity contribution in [1.82, 2.24) is 52.8 Å². The molecule has 2 saturated heterocycles. The predicted molar refractivity (Wildman–Crippen MR) is 366 cm³/mol. The van der Waals surface area contributed by atoms with Crippen molar-refractivity contribution >= 4 is 104 Å². The number of aromatic hydroxyl groups is 1. The first kappa shape index (κ1) is 79.3. The van der Waals surface area contributed by atoms with E-state index in [0.717, 1.165) is 21.6 Å². The van der Waals surface area contributed by atoms with Crippen LogP contribution in [0.2, 0.25) is 0 Å². The summed E-state index contributed by atoms with van der Waals surface area (Å²) in [6, 6.07) is 2.09. The zero-order valence-electron chi connectivity index (χ0n) is 55.2. The zero-order valence-corrected chi connectivity index (χ0v) is 56.8. The SMILES string of the molecule is CC[C@H](C)[C@@H]1NC(=O)C(CCCN=C(N)N)NC(=O)C(CCCN=C(N)N)NC(=O)[C@@H](NC(=O)[C@H](Cc2ccccc2)NC(=O)CNC(=O)CNC(=O)[C@@H](N)Cc2ccc(O)cc2)C(C)(C)SSC(C)(C)[C@@H](C(N)=O)NC(=O)[C@@H]2CCCN2C(=O)[C@H](CCCN=C(N)N)NC1=O. The number of carbonyl (C=O) groups is 11. The summed E-state index contributed by atoms with van der Waals surface area (Å²) in [5.41, 5.74) is 47.1. The largest absolute Gasteiger partial charge is 0.508 e. The van der Waals surface area contributed by atoms with Crippen LogP contribution in [0.1, 0.15) is 110 Å². The first-order chi connectivity index (χ1) is 45.2. The third kappa shape index (κ3) is 26.2. The maximum absolute atomic E-state index is 15.4. The molecule has 0 saturated carbocycles. The monoisotopic (exact) mass is 1380 g/mol. The molecule has 2 aliphatic rings. The molecule has 2 fully saturated rings. The van der Waals surface area contributed by atoms with Gasteiger partial charge in [0.2, 0.25) is 65.0 Å². The molecule has 2 aliphatic heterocycles. The fourth-order valence-electron chi connectivity index (χ4n) is 10.3. The van der Waals surface area contributed by atoms with Crippen LogP contribution in [0.3, 0.4) is 0 Å². The molecule has 96 heavy (non-hydrogen) atoms. The van der Waals surface area contributed by atoms with E-state index >= 15 is 9.59 Å². The number of hydrogen-bond donors (Lipinski definition) is 18. The number of primary amides is 1. The number of carbonyl (C=O) groups excluding carboxylic acids is 11. The molecule has 0 aliphatic carbocycles. The standard InChI is InChI=1S/C61H97N21O12S2/c1-7-33(2)45-54(92)78-40(19-13-27-72-59(68)69)56(94)82-28-14-20-42(82)53(91)80-46(48(63)86)60(3,4)95-96-61(5,6)47(55(93)77-38(17-11-25-70-57(64)65)50(88)76-39(51(89)79-45)18-12-26-71-58(66)67)81-52(90)41(30-34-15-9-8-10-16-34)75-44(85)32-73-43(84)31-74-49(87)37(62)29-35-21-23-36(83)24-22-35/h8-10,15-16,21-24,33,37-42,45-47,83H,7,11-14,17-20,25-32,62H2,1-6H3,(H2,63,86)(H,73,84)(H,74,87)(H,75,85)(H,76,88)(H,77,93)(H,78,92)(H,79,89)(H,80,91)(H,81,90)(H4,64,65,70)(H4,66,67,71)(H4,68,69,72)/t33-,37-,38?,39?,40-,41-,42-,45-,46+,47+/m0/s1. The molecule has 2 heterocycles. The molecule has 10 atom stereocenters. The van der Waals surface area contributed by atoms with E-state index in [-0.39, 0.29) is 108 Å². The number of guanidine groups is 3. The molecule has 0 bridgehead atoms. The van der Waals surface area contributed by atoms with Crippen molar-refractivity contribution in [3.63, 3.8) is 0 Å². The van der Waals surface area contributed by atoms with E-state index in [0.29, 0.717) is 24.0 Å². The quantitative estimate of drug-likeness (QED) is 0.0174. The molecule has 33 nitrogen and oxygen atoms in total. The molecule has 4 rings (SSSR count). The highest BCUT2D eigenvalue weighted by molar-refractivity contribution is 8.77. The molecule has 0 aromatic heterocycles. The molecule has 2 aromatic rings. The van der Waals surface area contributed by atoms with E-state index in [1.54, 1.807) is 84.0 Å². The minimum absolute atomic E-state index is 0.00158. The van der Waals surface area contributed by atoms with Gasteiger partial charge in [0.05, 0.1) is 19.1 Å². The topological polar surface area (TPSA) is 565 Å². The van der Waals surface area contributed by atoms with Crippen LogP contribution in [0.25, 0.3) is 0 Å². The van der Waals surface area contributed by atoms with Gasteiger partial charge in [0.25, 0.3) is 0 Å². The van der Waals surface area contributed by atoms with Gasteiger partial charge in [-0.1, -0.05) is 84.3 Å². The normalized spacial score (nSPS) is 22.0. The van der Waals surface area contributed by atoms with Gasteiger partial charge in [-0.05, 0) is 115 Å². The lowest BCUT2D eigenvalue weighted by molar-refractivity contribution is -0.143. The number of nitrogens with zero attached hydrogens (tertiary/aromatic N) is 4. The summed E-state index contributed by atoms with van der Waals surface area (Å²) in [7, 11) is 1.99. The lowest BCUT2D eigenvalue weighted by Gasteiger charge is -2.39. The second-order valence-corrected chi connectivity index (χ2v) is 28.0. The highest BCUT2D eigenvalue weighted by Crippen LogP contribution is 2.47. The van der Waals surface area contributed by atoms with E-state index < -0.39 is 148 Å². The van der Waals surface area contributed by atoms with Gasteiger partial charge in [-0.3, -0.25) is 67.7 Å². The molecule has 530 valence electrons. The number of amides is 11. The van der Waals surface area contributed by atoms with Crippen molar-refractivity contribution in [2.24, 2.45) is 66.8 Å². The molecule has 0 spiro atoms. The minimum atomic E-state index is -1.67. The Morgan fingerprint density at radius 2 is 1.14 bits per heavy atom. The lowest BCUT2D eigenvalue weighted by atomic mass is 9.96. The zero-order chi connectivity index (χ0) is 71.5. The van der Waals surface area contributed by atoms with Gasteiger partial charge in [-0.15, -0.1) is 0 Å². The van der Waals surface area contributed by atoms with Crippen molar-refractivity contribution in [3.8, 4) is 5.75 Å². The molecule has 35 heteroatoms. The summed E-state index contributed by atoms with van der Waals surface area (Å²) in [6.07, 6.45) is 0.748. The van der Waals surface area contributed by atoms with Crippen LogP contribution < -0.4 is 93.7 Å². The number of nitrogens with two attached hydrogens (primary N) is 8. The third-order valence-corrected chi connectivity index (χ3v) is 20.1. The Hall–Kier alpha value is -9.12. The van der Waals surface area contributed by atoms with Crippen molar-refractivity contribution in [2.75, 3.05) is 39.3 Å². The molecule has 2 unspecified atom stereocenters. The van der Waals surface area contributed by atoms with Crippen LogP contribution in [0.5, 0.6) is 5.75 Å². The van der Waals surface area contributed by atoms with Crippen LogP contribution in [0, 0.1) is 5.92 Å². The Bertz CT molecular complexity index is 3110. The van der Waals surface area contributed by atoms with Crippen LogP contribution in [-0.4, -0.2) is 196 Å². The van der Waals surface area contributed by atoms with Gasteiger partial charge in [-0.2, -0.15) is 0 Å². The Morgan fingerprint density at radius 3 is 1.69 bits per heavy atom. The number of phenols is 1. The number of nitrogens with one attached hydrogen (secondary N) is 9. The summed E-state index contributed by atoms with van der Waals surface area (Å²) < 4.78 is -2.86. The smallest absolute Gasteiger partial charge is 0.245 e. The first-order valence-electron chi connectivity index (χ1n) is 31.6. The van der Waals surface area contributed by atoms with E-state index in [1.807, 2.05) is 0 Å². The Balaban J connectivity index is 1.83. The summed E-state index contributed by atoms with van der Waals surface area (Å²) in [4.78, 5) is 171. The predicted octanol–water partition coefficient (Wildman–Crippen LogP) is -4.23. The van der Waals surface area contributed by atoms with Gasteiger partial charge in [0, 0.05) is 42.1 Å². The highest BCUT2D eigenvalue weighted by atomic mass is 33.1. The number of benzene rings is 2.